The Balaban J connectivity index is -0.000000582. The van der Waals surface area contributed by atoms with E-state index in [0.717, 1.165) is 22.9 Å². The summed E-state index contributed by atoms with van der Waals surface area (Å²) < 4.78 is 10.2. The molecule has 162 valence electrons. The van der Waals surface area contributed by atoms with Crippen LogP contribution >= 0.6 is 0 Å². The molecule has 0 aromatic heterocycles. The first kappa shape index (κ1) is 31.1. The van der Waals surface area contributed by atoms with Crippen LogP contribution in [0.25, 0.3) is 10.6 Å². The van der Waals surface area contributed by atoms with Crippen molar-refractivity contribution in [2.75, 3.05) is 20.9 Å². The molecule has 2 aromatic carbocycles. The molecule has 2 radical (unpaired) electrons. The second-order valence-corrected chi connectivity index (χ2v) is 4.42. The van der Waals surface area contributed by atoms with E-state index in [-0.39, 0.29) is 39.0 Å². The van der Waals surface area contributed by atoms with Crippen LogP contribution in [0.15, 0.2) is 48.5 Å². The molecule has 2 aromatic rings. The molecule has 0 fully saturated rings. The summed E-state index contributed by atoms with van der Waals surface area (Å²) in [6.45, 7) is 0.401. The molecule has 4 N–H and O–H groups in total. The van der Waals surface area contributed by atoms with Crippen molar-refractivity contribution in [3.63, 3.8) is 0 Å². The number of hydrogen-bond donors (Lipinski definition) is 4. The van der Waals surface area contributed by atoms with Crippen LogP contribution in [0.5, 0.6) is 11.5 Å². The van der Waals surface area contributed by atoms with Gasteiger partial charge in [-0.1, -0.05) is 24.3 Å². The van der Waals surface area contributed by atoms with Crippen molar-refractivity contribution < 1.29 is 78.4 Å². The number of ether oxygens (including phenoxy) is 2. The third-order valence-electron chi connectivity index (χ3n) is 2.65. The van der Waals surface area contributed by atoms with Gasteiger partial charge in [-0.05, 0) is 24.3 Å². The monoisotopic (exact) mass is 584 g/mol. The standard InChI is InChI=1S/C15H16N2O2.2CH2O3.2Ru/c1-18-14-7-3-12(4-8-14)16-11-17-13-5-9-15(19-2)10-6-13;2*2-1(3)4;;/h3-10H,11H2,1-2H3;2*(H2,2,3,4);;/q-2;;;2*+1. The van der Waals surface area contributed by atoms with Crippen molar-refractivity contribution in [2.24, 2.45) is 0 Å². The van der Waals surface area contributed by atoms with E-state index in [1.807, 2.05) is 48.5 Å². The van der Waals surface area contributed by atoms with Gasteiger partial charge in [-0.3, -0.25) is 0 Å². The topological polar surface area (TPSA) is 162 Å². The third-order valence-corrected chi connectivity index (χ3v) is 2.65. The molecule has 0 bridgehead atoms. The fourth-order valence-corrected chi connectivity index (χ4v) is 1.57. The van der Waals surface area contributed by atoms with E-state index in [1.165, 1.54) is 0 Å². The van der Waals surface area contributed by atoms with Gasteiger partial charge in [0.25, 0.3) is 0 Å². The van der Waals surface area contributed by atoms with E-state index >= 15 is 0 Å². The summed E-state index contributed by atoms with van der Waals surface area (Å²) >= 11 is 0. The average molecular weight is 582 g/mol. The van der Waals surface area contributed by atoms with Crippen molar-refractivity contribution >= 4 is 23.7 Å². The Kier molecular flexibility index (Phi) is 20.2. The first-order valence-corrected chi connectivity index (χ1v) is 7.25. The van der Waals surface area contributed by atoms with Crippen molar-refractivity contribution in [1.82, 2.24) is 0 Å². The van der Waals surface area contributed by atoms with Crippen LogP contribution in [0.1, 0.15) is 0 Å². The summed E-state index contributed by atoms with van der Waals surface area (Å²) in [7, 11) is 3.29. The zero-order valence-electron chi connectivity index (χ0n) is 15.3. The van der Waals surface area contributed by atoms with Gasteiger partial charge in [0.1, 0.15) is 11.5 Å². The van der Waals surface area contributed by atoms with E-state index in [2.05, 4.69) is 10.6 Å². The van der Waals surface area contributed by atoms with E-state index in [4.69, 9.17) is 39.5 Å². The Hall–Kier alpha value is -2.57. The summed E-state index contributed by atoms with van der Waals surface area (Å²) in [6.07, 6.45) is -3.67. The van der Waals surface area contributed by atoms with E-state index < -0.39 is 12.3 Å². The molecule has 29 heavy (non-hydrogen) atoms. The van der Waals surface area contributed by atoms with Crippen LogP contribution in [0.2, 0.25) is 0 Å². The first-order chi connectivity index (χ1) is 12.8. The maximum absolute atomic E-state index is 8.56. The van der Waals surface area contributed by atoms with Crippen molar-refractivity contribution in [2.45, 2.75) is 0 Å². The SMILES string of the molecule is COc1ccc([N-]C[N-]c2ccc(OC)cc2)cc1.O=C(O)O.O=C(O)O.[Ru+].[Ru+]. The van der Waals surface area contributed by atoms with Crippen LogP contribution in [-0.2, 0) is 39.0 Å². The second kappa shape index (κ2) is 18.8. The quantitative estimate of drug-likeness (QED) is 0.353. The van der Waals surface area contributed by atoms with Gasteiger partial charge in [0.2, 0.25) is 0 Å². The first-order valence-electron chi connectivity index (χ1n) is 7.25. The molecule has 12 heteroatoms. The Morgan fingerprint density at radius 2 is 0.931 bits per heavy atom. The molecule has 0 amide bonds. The Bertz CT molecular complexity index is 617. The van der Waals surface area contributed by atoms with Crippen LogP contribution in [0.4, 0.5) is 21.0 Å². The van der Waals surface area contributed by atoms with Gasteiger partial charge in [-0.25, -0.2) is 16.3 Å². The van der Waals surface area contributed by atoms with E-state index in [9.17, 15) is 0 Å². The number of nitrogens with zero attached hydrogens (tertiary/aromatic N) is 2. The normalized spacial score (nSPS) is 8.07. The number of carboxylic acid groups (broad SMARTS) is 4. The van der Waals surface area contributed by atoms with Gasteiger partial charge in [-0.2, -0.15) is 0 Å². The molecule has 10 nitrogen and oxygen atoms in total. The second-order valence-electron chi connectivity index (χ2n) is 4.42. The molecule has 2 rings (SSSR count). The number of carbonyl (C=O) groups is 2. The van der Waals surface area contributed by atoms with Gasteiger partial charge < -0.3 is 40.5 Å². The van der Waals surface area contributed by atoms with Crippen LogP contribution < -0.4 is 9.47 Å². The molecule has 0 atom stereocenters. The van der Waals surface area contributed by atoms with E-state index in [0.29, 0.717) is 6.67 Å². The molecule has 0 spiro atoms. The molecule has 0 heterocycles. The molecular formula is C17H20N2O8Ru2. The summed E-state index contributed by atoms with van der Waals surface area (Å²) in [4.78, 5) is 17.1. The van der Waals surface area contributed by atoms with Crippen molar-refractivity contribution in [1.29, 1.82) is 0 Å². The minimum absolute atomic E-state index is 0. The van der Waals surface area contributed by atoms with Crippen molar-refractivity contribution in [3.8, 4) is 11.5 Å². The fraction of sp³-hybridized carbons (Fsp3) is 0.176. The van der Waals surface area contributed by atoms with Gasteiger partial charge in [0, 0.05) is 0 Å². The molecule has 0 saturated heterocycles. The number of methoxy groups -OCH3 is 2. The molecule has 0 aliphatic rings. The summed E-state index contributed by atoms with van der Waals surface area (Å²) in [5, 5.41) is 36.6. The van der Waals surface area contributed by atoms with E-state index in [1.54, 1.807) is 14.2 Å². The number of rotatable bonds is 6. The van der Waals surface area contributed by atoms with Crippen LogP contribution in [-0.4, -0.2) is 53.6 Å². The van der Waals surface area contributed by atoms with Crippen LogP contribution in [0.3, 0.4) is 0 Å². The summed E-state index contributed by atoms with van der Waals surface area (Å²) in [5.41, 5.74) is 1.77. The van der Waals surface area contributed by atoms with Crippen LogP contribution in [0, 0.1) is 0 Å². The van der Waals surface area contributed by atoms with Gasteiger partial charge in [0.15, 0.2) is 0 Å². The minimum atomic E-state index is -1.83. The summed E-state index contributed by atoms with van der Waals surface area (Å²) in [6, 6.07) is 15.1. The average Bonchev–Trinajstić information content (AvgIpc) is 2.62. The summed E-state index contributed by atoms with van der Waals surface area (Å²) in [5.74, 6) is 1.65. The Morgan fingerprint density at radius 1 is 0.690 bits per heavy atom. The zero-order chi connectivity index (χ0) is 20.7. The molecule has 0 aliphatic heterocycles. The molecular weight excluding hydrogens is 562 g/mol. The van der Waals surface area contributed by atoms with Crippen molar-refractivity contribution in [3.05, 3.63) is 59.2 Å². The third kappa shape index (κ3) is 18.6. The molecule has 0 saturated carbocycles. The zero-order valence-corrected chi connectivity index (χ0v) is 18.8. The minimum Gasteiger partial charge on any atom is -0.699 e. The fourth-order valence-electron chi connectivity index (χ4n) is 1.57. The predicted molar refractivity (Wildman–Crippen MR) is 98.2 cm³/mol. The Morgan fingerprint density at radius 3 is 1.14 bits per heavy atom. The van der Waals surface area contributed by atoms with Gasteiger partial charge in [0.05, 0.1) is 14.2 Å². The van der Waals surface area contributed by atoms with Gasteiger partial charge >= 0.3 is 51.3 Å². The predicted octanol–water partition coefficient (Wildman–Crippen LogP) is 4.81. The maximum Gasteiger partial charge on any atom is 1.00 e. The molecule has 0 unspecified atom stereocenters. The Labute approximate surface area is 193 Å². The number of hydrogen-bond acceptors (Lipinski definition) is 4. The largest absolute Gasteiger partial charge is 1.00 e. The smallest absolute Gasteiger partial charge is 0.699 e. The maximum atomic E-state index is 8.56. The number of benzene rings is 2. The van der Waals surface area contributed by atoms with Gasteiger partial charge in [-0.15, -0.1) is 11.4 Å². The molecule has 0 aliphatic carbocycles.